The van der Waals surface area contributed by atoms with Crippen molar-refractivity contribution in [3.8, 4) is 0 Å². The quantitative estimate of drug-likeness (QED) is 0.702. The number of nitrogens with one attached hydrogen (secondary N) is 1. The minimum absolute atomic E-state index is 0.733. The van der Waals surface area contributed by atoms with Crippen LogP contribution in [0.25, 0.3) is 0 Å². The molecule has 0 aromatic heterocycles. The van der Waals surface area contributed by atoms with Crippen molar-refractivity contribution in [2.75, 3.05) is 31.8 Å². The van der Waals surface area contributed by atoms with Crippen LogP contribution in [-0.4, -0.2) is 42.7 Å². The predicted molar refractivity (Wildman–Crippen MR) is 56.7 cm³/mol. The molecule has 0 aromatic rings. The highest BCUT2D eigenvalue weighted by Gasteiger charge is 2.15. The first-order valence-electron chi connectivity index (χ1n) is 4.82. The van der Waals surface area contributed by atoms with E-state index in [1.54, 1.807) is 0 Å². The largest absolute Gasteiger partial charge is 0.305 e. The fraction of sp³-hybridized carbons (Fsp3) is 1.00. The van der Waals surface area contributed by atoms with E-state index in [4.69, 9.17) is 0 Å². The Hall–Kier alpha value is 0.270. The van der Waals surface area contributed by atoms with E-state index in [2.05, 4.69) is 24.2 Å². The molecule has 2 nitrogen and oxygen atoms in total. The lowest BCUT2D eigenvalue weighted by Crippen LogP contribution is -2.37. The summed E-state index contributed by atoms with van der Waals surface area (Å²) in [5, 5.41) is 3.49. The van der Waals surface area contributed by atoms with Crippen molar-refractivity contribution in [3.05, 3.63) is 0 Å². The normalized spacial score (nSPS) is 23.8. The molecule has 1 N–H and O–H groups in total. The third-order valence-electron chi connectivity index (χ3n) is 2.22. The van der Waals surface area contributed by atoms with Gasteiger partial charge < -0.3 is 10.2 Å². The second kappa shape index (κ2) is 5.84. The highest BCUT2D eigenvalue weighted by Crippen LogP contribution is 2.10. The van der Waals surface area contributed by atoms with Gasteiger partial charge in [0, 0.05) is 24.2 Å². The van der Waals surface area contributed by atoms with Gasteiger partial charge in [0.1, 0.15) is 0 Å². The molecular formula is C9H20N2S. The van der Waals surface area contributed by atoms with Crippen molar-refractivity contribution in [3.63, 3.8) is 0 Å². The number of hydrogen-bond acceptors (Lipinski definition) is 3. The fourth-order valence-electron chi connectivity index (χ4n) is 1.45. The van der Waals surface area contributed by atoms with Gasteiger partial charge in [-0.2, -0.15) is 0 Å². The second-order valence-electron chi connectivity index (χ2n) is 3.53. The smallest absolute Gasteiger partial charge is 0.0421 e. The Bertz CT molecular complexity index is 113. The van der Waals surface area contributed by atoms with Crippen molar-refractivity contribution >= 4 is 11.8 Å². The monoisotopic (exact) mass is 188 g/mol. The Kier molecular flexibility index (Phi) is 5.04. The van der Waals surface area contributed by atoms with Gasteiger partial charge in [-0.05, 0) is 20.0 Å². The number of hydrogen-bond donors (Lipinski definition) is 1. The molecule has 1 heterocycles. The van der Waals surface area contributed by atoms with Gasteiger partial charge in [0.2, 0.25) is 0 Å². The van der Waals surface area contributed by atoms with Crippen LogP contribution < -0.4 is 5.32 Å². The van der Waals surface area contributed by atoms with Gasteiger partial charge in [-0.3, -0.25) is 0 Å². The lowest BCUT2D eigenvalue weighted by atomic mass is 10.3. The van der Waals surface area contributed by atoms with E-state index in [0.717, 1.165) is 11.9 Å². The van der Waals surface area contributed by atoms with Crippen molar-refractivity contribution in [2.45, 2.75) is 25.8 Å². The molecule has 0 amide bonds. The molecule has 1 saturated heterocycles. The van der Waals surface area contributed by atoms with Gasteiger partial charge in [-0.25, -0.2) is 0 Å². The molecule has 12 heavy (non-hydrogen) atoms. The lowest BCUT2D eigenvalue weighted by molar-refractivity contribution is 0.302. The maximum absolute atomic E-state index is 3.49. The highest BCUT2D eigenvalue weighted by atomic mass is 32.2. The summed E-state index contributed by atoms with van der Waals surface area (Å²) < 4.78 is 0. The van der Waals surface area contributed by atoms with E-state index >= 15 is 0 Å². The zero-order chi connectivity index (χ0) is 8.81. The molecule has 1 aliphatic heterocycles. The van der Waals surface area contributed by atoms with Crippen LogP contribution in [0.2, 0.25) is 0 Å². The van der Waals surface area contributed by atoms with Crippen LogP contribution in [0.1, 0.15) is 19.8 Å². The standard InChI is InChI=1S/C9H20N2S/c1-3-4-5-11(2)6-9-7-12-8-10-9/h9-10H,3-8H2,1-2H3. The Morgan fingerprint density at radius 2 is 2.42 bits per heavy atom. The van der Waals surface area contributed by atoms with Gasteiger partial charge in [0.25, 0.3) is 0 Å². The van der Waals surface area contributed by atoms with Gasteiger partial charge in [0.05, 0.1) is 0 Å². The molecule has 1 atom stereocenters. The van der Waals surface area contributed by atoms with Crippen LogP contribution in [0.3, 0.4) is 0 Å². The minimum atomic E-state index is 0.733. The molecule has 1 fully saturated rings. The Labute approximate surface area is 80.1 Å². The zero-order valence-corrected chi connectivity index (χ0v) is 8.99. The molecule has 0 aromatic carbocycles. The molecule has 0 aliphatic carbocycles. The van der Waals surface area contributed by atoms with Crippen LogP contribution in [0.5, 0.6) is 0 Å². The molecule has 0 spiro atoms. The number of nitrogens with zero attached hydrogens (tertiary/aromatic N) is 1. The summed E-state index contributed by atoms with van der Waals surface area (Å²) in [5.74, 6) is 2.43. The molecule has 3 heteroatoms. The van der Waals surface area contributed by atoms with Crippen LogP contribution in [0.4, 0.5) is 0 Å². The molecule has 1 aliphatic rings. The first kappa shape index (κ1) is 10.4. The molecule has 0 bridgehead atoms. The van der Waals surface area contributed by atoms with Crippen molar-refractivity contribution in [2.24, 2.45) is 0 Å². The summed E-state index contributed by atoms with van der Waals surface area (Å²) in [4.78, 5) is 2.44. The van der Waals surface area contributed by atoms with Gasteiger partial charge in [-0.15, -0.1) is 11.8 Å². The first-order valence-corrected chi connectivity index (χ1v) is 5.98. The van der Waals surface area contributed by atoms with E-state index in [1.165, 1.54) is 31.7 Å². The summed E-state index contributed by atoms with van der Waals surface area (Å²) in [7, 11) is 2.22. The van der Waals surface area contributed by atoms with Gasteiger partial charge in [0.15, 0.2) is 0 Å². The molecule has 72 valence electrons. The number of unbranched alkanes of at least 4 members (excludes halogenated alkanes) is 1. The fourth-order valence-corrected chi connectivity index (χ4v) is 2.43. The third-order valence-corrected chi connectivity index (χ3v) is 3.23. The third kappa shape index (κ3) is 3.78. The van der Waals surface area contributed by atoms with E-state index in [9.17, 15) is 0 Å². The van der Waals surface area contributed by atoms with E-state index in [0.29, 0.717) is 0 Å². The first-order chi connectivity index (χ1) is 5.83. The summed E-state index contributed by atoms with van der Waals surface area (Å²) in [6.45, 7) is 4.71. The summed E-state index contributed by atoms with van der Waals surface area (Å²) in [5.41, 5.74) is 0. The van der Waals surface area contributed by atoms with Crippen LogP contribution in [-0.2, 0) is 0 Å². The summed E-state index contributed by atoms with van der Waals surface area (Å²) in [6.07, 6.45) is 2.63. The maximum atomic E-state index is 3.49. The number of likely N-dealkylation sites (N-methyl/N-ethyl adjacent to an activating group) is 1. The second-order valence-corrected chi connectivity index (χ2v) is 4.56. The van der Waals surface area contributed by atoms with Gasteiger partial charge >= 0.3 is 0 Å². The molecule has 1 rings (SSSR count). The Balaban J connectivity index is 2.03. The Morgan fingerprint density at radius 1 is 1.58 bits per heavy atom. The average Bonchev–Trinajstić information content (AvgIpc) is 2.53. The molecule has 0 radical (unpaired) electrons. The van der Waals surface area contributed by atoms with Crippen LogP contribution >= 0.6 is 11.8 Å². The molecule has 1 unspecified atom stereocenters. The van der Waals surface area contributed by atoms with E-state index in [-0.39, 0.29) is 0 Å². The average molecular weight is 188 g/mol. The van der Waals surface area contributed by atoms with Crippen LogP contribution in [0.15, 0.2) is 0 Å². The SMILES string of the molecule is CCCCN(C)CC1CSCN1. The van der Waals surface area contributed by atoms with E-state index in [1.807, 2.05) is 11.8 Å². The highest BCUT2D eigenvalue weighted by molar-refractivity contribution is 7.99. The summed E-state index contributed by atoms with van der Waals surface area (Å²) in [6, 6.07) is 0.733. The minimum Gasteiger partial charge on any atom is -0.305 e. The lowest BCUT2D eigenvalue weighted by Gasteiger charge is -2.20. The van der Waals surface area contributed by atoms with Crippen molar-refractivity contribution < 1.29 is 0 Å². The number of thioether (sulfide) groups is 1. The van der Waals surface area contributed by atoms with Crippen molar-refractivity contribution in [1.29, 1.82) is 0 Å². The maximum Gasteiger partial charge on any atom is 0.0421 e. The number of rotatable bonds is 5. The Morgan fingerprint density at radius 3 is 3.00 bits per heavy atom. The zero-order valence-electron chi connectivity index (χ0n) is 8.18. The van der Waals surface area contributed by atoms with Crippen LogP contribution in [0, 0.1) is 0 Å². The molecule has 0 saturated carbocycles. The van der Waals surface area contributed by atoms with Crippen molar-refractivity contribution in [1.82, 2.24) is 10.2 Å². The summed E-state index contributed by atoms with van der Waals surface area (Å²) >= 11 is 2.01. The molecular weight excluding hydrogens is 168 g/mol. The topological polar surface area (TPSA) is 15.3 Å². The van der Waals surface area contributed by atoms with Gasteiger partial charge in [-0.1, -0.05) is 13.3 Å². The van der Waals surface area contributed by atoms with E-state index < -0.39 is 0 Å². The predicted octanol–water partition coefficient (Wildman–Crippen LogP) is 1.38.